The summed E-state index contributed by atoms with van der Waals surface area (Å²) in [4.78, 5) is 0. The van der Waals surface area contributed by atoms with Gasteiger partial charge in [0.05, 0.1) is 0 Å². The van der Waals surface area contributed by atoms with Crippen molar-refractivity contribution < 1.29 is 0 Å². The predicted molar refractivity (Wildman–Crippen MR) is 85.2 cm³/mol. The van der Waals surface area contributed by atoms with Crippen molar-refractivity contribution in [2.75, 3.05) is 0 Å². The van der Waals surface area contributed by atoms with Gasteiger partial charge in [0.2, 0.25) is 0 Å². The molecular formula is C17H20BrN. The summed E-state index contributed by atoms with van der Waals surface area (Å²) in [7, 11) is 0. The topological polar surface area (TPSA) is 26.0 Å². The van der Waals surface area contributed by atoms with Crippen LogP contribution in [0.5, 0.6) is 0 Å². The van der Waals surface area contributed by atoms with Crippen LogP contribution < -0.4 is 5.73 Å². The number of rotatable bonds is 5. The number of nitrogens with two attached hydrogens (primary N) is 1. The zero-order valence-corrected chi connectivity index (χ0v) is 12.9. The van der Waals surface area contributed by atoms with Gasteiger partial charge in [-0.3, -0.25) is 0 Å². The summed E-state index contributed by atoms with van der Waals surface area (Å²) in [5.41, 5.74) is 10.2. The first-order valence-electron chi connectivity index (χ1n) is 6.78. The summed E-state index contributed by atoms with van der Waals surface area (Å²) in [6, 6.07) is 17.1. The van der Waals surface area contributed by atoms with Crippen molar-refractivity contribution in [3.63, 3.8) is 0 Å². The Labute approximate surface area is 124 Å². The maximum Gasteiger partial charge on any atom is 0.0335 e. The summed E-state index contributed by atoms with van der Waals surface area (Å²) < 4.78 is 1.11. The van der Waals surface area contributed by atoms with Gasteiger partial charge in [-0.15, -0.1) is 0 Å². The minimum Gasteiger partial charge on any atom is -0.324 e. The maximum absolute atomic E-state index is 6.33. The van der Waals surface area contributed by atoms with Crippen LogP contribution in [0.25, 0.3) is 0 Å². The van der Waals surface area contributed by atoms with Crippen molar-refractivity contribution in [3.05, 3.63) is 69.7 Å². The van der Waals surface area contributed by atoms with Gasteiger partial charge in [-0.25, -0.2) is 0 Å². The van der Waals surface area contributed by atoms with Crippen molar-refractivity contribution in [2.24, 2.45) is 5.73 Å². The van der Waals surface area contributed by atoms with Gasteiger partial charge < -0.3 is 5.73 Å². The minimum atomic E-state index is 0.0612. The molecule has 0 spiro atoms. The molecule has 0 heterocycles. The third kappa shape index (κ3) is 4.19. The van der Waals surface area contributed by atoms with Gasteiger partial charge in [-0.1, -0.05) is 65.7 Å². The summed E-state index contributed by atoms with van der Waals surface area (Å²) >= 11 is 3.50. The van der Waals surface area contributed by atoms with Crippen LogP contribution in [-0.4, -0.2) is 0 Å². The molecule has 1 nitrogen and oxygen atoms in total. The molecule has 2 heteroatoms. The van der Waals surface area contributed by atoms with Crippen molar-refractivity contribution in [1.82, 2.24) is 0 Å². The fraction of sp³-hybridized carbons (Fsp3) is 0.294. The number of hydrogen-bond donors (Lipinski definition) is 1. The second-order valence-electron chi connectivity index (χ2n) is 4.94. The van der Waals surface area contributed by atoms with Gasteiger partial charge in [0.25, 0.3) is 0 Å². The van der Waals surface area contributed by atoms with Crippen molar-refractivity contribution in [3.8, 4) is 0 Å². The Kier molecular flexibility index (Phi) is 5.17. The molecule has 0 aliphatic heterocycles. The average Bonchev–Trinajstić information content (AvgIpc) is 2.39. The van der Waals surface area contributed by atoms with Gasteiger partial charge in [0.1, 0.15) is 0 Å². The first-order chi connectivity index (χ1) is 9.19. The van der Waals surface area contributed by atoms with E-state index >= 15 is 0 Å². The fourth-order valence-corrected chi connectivity index (χ4v) is 2.75. The molecule has 0 saturated heterocycles. The van der Waals surface area contributed by atoms with Crippen LogP contribution in [-0.2, 0) is 12.8 Å². The molecule has 0 amide bonds. The third-order valence-corrected chi connectivity index (χ3v) is 3.76. The van der Waals surface area contributed by atoms with Gasteiger partial charge >= 0.3 is 0 Å². The molecule has 0 radical (unpaired) electrons. The first kappa shape index (κ1) is 14.3. The van der Waals surface area contributed by atoms with E-state index < -0.39 is 0 Å². The van der Waals surface area contributed by atoms with Gasteiger partial charge in [0, 0.05) is 10.5 Å². The zero-order chi connectivity index (χ0) is 13.7. The number of hydrogen-bond acceptors (Lipinski definition) is 1. The van der Waals surface area contributed by atoms with E-state index in [-0.39, 0.29) is 6.04 Å². The van der Waals surface area contributed by atoms with E-state index in [1.54, 1.807) is 0 Å². The van der Waals surface area contributed by atoms with Gasteiger partial charge in [-0.05, 0) is 41.7 Å². The number of aryl methyl sites for hydroxylation is 1. The van der Waals surface area contributed by atoms with E-state index in [1.165, 1.54) is 23.1 Å². The average molecular weight is 318 g/mol. The smallest absolute Gasteiger partial charge is 0.0335 e. The lowest BCUT2D eigenvalue weighted by Gasteiger charge is -2.13. The summed E-state index contributed by atoms with van der Waals surface area (Å²) in [5, 5.41) is 0. The number of halogens is 1. The minimum absolute atomic E-state index is 0.0612. The molecule has 0 bridgehead atoms. The highest BCUT2D eigenvalue weighted by molar-refractivity contribution is 9.10. The Balaban J connectivity index is 2.11. The molecular weight excluding hydrogens is 298 g/mol. The highest BCUT2D eigenvalue weighted by atomic mass is 79.9. The van der Waals surface area contributed by atoms with Gasteiger partial charge in [0.15, 0.2) is 0 Å². The summed E-state index contributed by atoms with van der Waals surface area (Å²) in [6.45, 7) is 2.20. The highest BCUT2D eigenvalue weighted by Crippen LogP contribution is 2.20. The van der Waals surface area contributed by atoms with E-state index in [1.807, 2.05) is 6.07 Å². The second-order valence-corrected chi connectivity index (χ2v) is 5.85. The quantitative estimate of drug-likeness (QED) is 0.853. The van der Waals surface area contributed by atoms with Crippen LogP contribution in [0.1, 0.15) is 36.1 Å². The lowest BCUT2D eigenvalue weighted by molar-refractivity contribution is 0.719. The fourth-order valence-electron chi connectivity index (χ4n) is 2.30. The monoisotopic (exact) mass is 317 g/mol. The molecule has 100 valence electrons. The highest BCUT2D eigenvalue weighted by Gasteiger charge is 2.08. The molecule has 2 N–H and O–H groups in total. The Morgan fingerprint density at radius 1 is 1.05 bits per heavy atom. The zero-order valence-electron chi connectivity index (χ0n) is 11.3. The van der Waals surface area contributed by atoms with Crippen LogP contribution in [0.4, 0.5) is 0 Å². The number of benzene rings is 2. The molecule has 0 fully saturated rings. The lowest BCUT2D eigenvalue weighted by Crippen LogP contribution is -2.13. The largest absolute Gasteiger partial charge is 0.324 e. The third-order valence-electron chi connectivity index (χ3n) is 3.26. The van der Waals surface area contributed by atoms with Crippen molar-refractivity contribution in [2.45, 2.75) is 32.2 Å². The van der Waals surface area contributed by atoms with E-state index in [0.717, 1.165) is 17.3 Å². The van der Waals surface area contributed by atoms with Crippen LogP contribution in [0, 0.1) is 0 Å². The SMILES string of the molecule is CCCc1cccc(C(N)Cc2cccc(Br)c2)c1. The molecule has 2 aromatic rings. The van der Waals surface area contributed by atoms with Crippen LogP contribution in [0.3, 0.4) is 0 Å². The molecule has 2 aromatic carbocycles. The predicted octanol–water partition coefficient (Wildman–Crippen LogP) is 4.64. The van der Waals surface area contributed by atoms with Crippen LogP contribution in [0.2, 0.25) is 0 Å². The summed E-state index contributed by atoms with van der Waals surface area (Å²) in [5.74, 6) is 0. The molecule has 0 aromatic heterocycles. The van der Waals surface area contributed by atoms with Crippen molar-refractivity contribution in [1.29, 1.82) is 0 Å². The standard InChI is InChI=1S/C17H20BrN/c1-2-5-13-6-3-8-15(10-13)17(19)12-14-7-4-9-16(18)11-14/h3-4,6-11,17H,2,5,12,19H2,1H3. The maximum atomic E-state index is 6.33. The first-order valence-corrected chi connectivity index (χ1v) is 7.57. The molecule has 2 rings (SSSR count). The van der Waals surface area contributed by atoms with E-state index in [2.05, 4.69) is 65.3 Å². The van der Waals surface area contributed by atoms with E-state index in [4.69, 9.17) is 5.73 Å². The van der Waals surface area contributed by atoms with Gasteiger partial charge in [-0.2, -0.15) is 0 Å². The molecule has 0 aliphatic rings. The Hall–Kier alpha value is -1.12. The van der Waals surface area contributed by atoms with Crippen LogP contribution >= 0.6 is 15.9 Å². The van der Waals surface area contributed by atoms with Crippen LogP contribution in [0.15, 0.2) is 53.0 Å². The summed E-state index contributed by atoms with van der Waals surface area (Å²) in [6.07, 6.45) is 3.16. The van der Waals surface area contributed by atoms with E-state index in [9.17, 15) is 0 Å². The Bertz CT molecular complexity index is 536. The normalized spacial score (nSPS) is 12.4. The molecule has 19 heavy (non-hydrogen) atoms. The second kappa shape index (κ2) is 6.88. The molecule has 1 atom stereocenters. The molecule has 0 saturated carbocycles. The Morgan fingerprint density at radius 3 is 2.53 bits per heavy atom. The van der Waals surface area contributed by atoms with Crippen molar-refractivity contribution >= 4 is 15.9 Å². The lowest BCUT2D eigenvalue weighted by atomic mass is 9.97. The Morgan fingerprint density at radius 2 is 1.79 bits per heavy atom. The van der Waals surface area contributed by atoms with E-state index in [0.29, 0.717) is 0 Å². The molecule has 1 unspecified atom stereocenters. The molecule has 0 aliphatic carbocycles.